The quantitative estimate of drug-likeness (QED) is 0.731. The molecule has 0 aliphatic rings. The van der Waals surface area contributed by atoms with Crippen molar-refractivity contribution in [1.82, 2.24) is 9.55 Å². The van der Waals surface area contributed by atoms with Crippen molar-refractivity contribution in [2.45, 2.75) is 0 Å². The molecule has 0 saturated heterocycles. The Labute approximate surface area is 117 Å². The van der Waals surface area contributed by atoms with E-state index in [2.05, 4.69) is 0 Å². The molecule has 1 heterocycles. The van der Waals surface area contributed by atoms with Crippen molar-refractivity contribution in [3.8, 4) is 22.9 Å². The molecular weight excluding hydrogens is 252 g/mol. The van der Waals surface area contributed by atoms with Gasteiger partial charge >= 0.3 is 0 Å². The van der Waals surface area contributed by atoms with Crippen LogP contribution in [0.1, 0.15) is 0 Å². The first-order valence-corrected chi connectivity index (χ1v) is 6.38. The Morgan fingerprint density at radius 3 is 2.40 bits per heavy atom. The van der Waals surface area contributed by atoms with Crippen molar-refractivity contribution in [1.29, 1.82) is 0 Å². The van der Waals surface area contributed by atoms with Gasteiger partial charge in [0, 0.05) is 24.7 Å². The van der Waals surface area contributed by atoms with Gasteiger partial charge in [0.25, 0.3) is 0 Å². The molecular formula is C16H16N2O2. The number of hydrogen-bond acceptors (Lipinski definition) is 3. The molecule has 0 radical (unpaired) electrons. The van der Waals surface area contributed by atoms with Gasteiger partial charge in [-0.2, -0.15) is 0 Å². The lowest BCUT2D eigenvalue weighted by Gasteiger charge is -2.07. The summed E-state index contributed by atoms with van der Waals surface area (Å²) in [5.41, 5.74) is 2.90. The van der Waals surface area contributed by atoms with E-state index in [1.54, 1.807) is 14.2 Å². The Bertz CT molecular complexity index is 748. The molecule has 0 amide bonds. The predicted molar refractivity (Wildman–Crippen MR) is 79.3 cm³/mol. The highest BCUT2D eigenvalue weighted by Gasteiger charge is 2.15. The molecule has 1 aromatic heterocycles. The van der Waals surface area contributed by atoms with E-state index in [0.717, 1.165) is 33.9 Å². The monoisotopic (exact) mass is 268 g/mol. The summed E-state index contributed by atoms with van der Waals surface area (Å²) >= 11 is 0. The van der Waals surface area contributed by atoms with Gasteiger partial charge in [0.15, 0.2) is 0 Å². The summed E-state index contributed by atoms with van der Waals surface area (Å²) < 4.78 is 12.8. The first-order chi connectivity index (χ1) is 9.74. The molecule has 0 atom stereocenters. The van der Waals surface area contributed by atoms with Gasteiger partial charge in [0.05, 0.1) is 19.7 Å². The van der Waals surface area contributed by atoms with Gasteiger partial charge in [-0.1, -0.05) is 30.3 Å². The van der Waals surface area contributed by atoms with E-state index in [1.807, 2.05) is 54.1 Å². The third-order valence-corrected chi connectivity index (χ3v) is 3.40. The Balaban J connectivity index is 2.29. The third kappa shape index (κ3) is 1.90. The molecule has 0 N–H and O–H groups in total. The van der Waals surface area contributed by atoms with Crippen LogP contribution in [-0.4, -0.2) is 23.8 Å². The normalized spacial score (nSPS) is 10.8. The number of nitrogens with zero attached hydrogens (tertiary/aromatic N) is 2. The van der Waals surface area contributed by atoms with Gasteiger partial charge in [-0.25, -0.2) is 4.98 Å². The van der Waals surface area contributed by atoms with Crippen molar-refractivity contribution in [3.63, 3.8) is 0 Å². The highest BCUT2D eigenvalue weighted by molar-refractivity contribution is 5.87. The standard InChI is InChI=1S/C16H16N2O2/c1-18-15-13(9-12(19-2)10-14(15)20-3)17-16(18)11-7-5-4-6-8-11/h4-10H,1-3H3. The molecule has 0 aliphatic heterocycles. The summed E-state index contributed by atoms with van der Waals surface area (Å²) in [6, 6.07) is 13.9. The molecule has 0 saturated carbocycles. The van der Waals surface area contributed by atoms with Crippen LogP contribution in [-0.2, 0) is 7.05 Å². The van der Waals surface area contributed by atoms with Crippen LogP contribution in [0.4, 0.5) is 0 Å². The van der Waals surface area contributed by atoms with Gasteiger partial charge in [-0.05, 0) is 0 Å². The van der Waals surface area contributed by atoms with Gasteiger partial charge in [0.1, 0.15) is 22.8 Å². The van der Waals surface area contributed by atoms with Crippen molar-refractivity contribution in [2.75, 3.05) is 14.2 Å². The first-order valence-electron chi connectivity index (χ1n) is 6.38. The van der Waals surface area contributed by atoms with E-state index in [-0.39, 0.29) is 0 Å². The highest BCUT2D eigenvalue weighted by atomic mass is 16.5. The van der Waals surface area contributed by atoms with Crippen LogP contribution >= 0.6 is 0 Å². The zero-order chi connectivity index (χ0) is 14.1. The van der Waals surface area contributed by atoms with E-state index < -0.39 is 0 Å². The van der Waals surface area contributed by atoms with Crippen molar-refractivity contribution in [3.05, 3.63) is 42.5 Å². The Kier molecular flexibility index (Phi) is 3.06. The van der Waals surface area contributed by atoms with E-state index >= 15 is 0 Å². The lowest BCUT2D eigenvalue weighted by molar-refractivity contribution is 0.397. The lowest BCUT2D eigenvalue weighted by Crippen LogP contribution is -1.95. The van der Waals surface area contributed by atoms with Crippen LogP contribution in [0.25, 0.3) is 22.4 Å². The summed E-state index contributed by atoms with van der Waals surface area (Å²) in [6.07, 6.45) is 0. The zero-order valence-corrected chi connectivity index (χ0v) is 11.8. The second kappa shape index (κ2) is 4.89. The largest absolute Gasteiger partial charge is 0.497 e. The fourth-order valence-electron chi connectivity index (χ4n) is 2.40. The summed E-state index contributed by atoms with van der Waals surface area (Å²) in [5, 5.41) is 0. The number of aromatic nitrogens is 2. The van der Waals surface area contributed by atoms with Gasteiger partial charge in [0.2, 0.25) is 0 Å². The number of hydrogen-bond donors (Lipinski definition) is 0. The highest BCUT2D eigenvalue weighted by Crippen LogP contribution is 2.33. The maximum absolute atomic E-state index is 5.46. The molecule has 102 valence electrons. The van der Waals surface area contributed by atoms with Gasteiger partial charge < -0.3 is 14.0 Å². The van der Waals surface area contributed by atoms with Crippen molar-refractivity contribution in [2.24, 2.45) is 7.05 Å². The van der Waals surface area contributed by atoms with Crippen LogP contribution < -0.4 is 9.47 Å². The van der Waals surface area contributed by atoms with Crippen LogP contribution in [0.15, 0.2) is 42.5 Å². The first kappa shape index (κ1) is 12.5. The number of imidazole rings is 1. The second-order valence-electron chi connectivity index (χ2n) is 4.56. The minimum atomic E-state index is 0.743. The van der Waals surface area contributed by atoms with E-state index in [4.69, 9.17) is 14.5 Å². The third-order valence-electron chi connectivity index (χ3n) is 3.40. The SMILES string of the molecule is COc1cc(OC)c2c(c1)nc(-c1ccccc1)n2C. The number of methoxy groups -OCH3 is 2. The maximum Gasteiger partial charge on any atom is 0.148 e. The molecule has 20 heavy (non-hydrogen) atoms. The lowest BCUT2D eigenvalue weighted by atomic mass is 10.2. The number of ether oxygens (including phenoxy) is 2. The second-order valence-corrected chi connectivity index (χ2v) is 4.56. The molecule has 3 rings (SSSR count). The van der Waals surface area contributed by atoms with E-state index in [1.165, 1.54) is 0 Å². The van der Waals surface area contributed by atoms with Crippen LogP contribution in [0.2, 0.25) is 0 Å². The molecule has 0 bridgehead atoms. The fourth-order valence-corrected chi connectivity index (χ4v) is 2.40. The van der Waals surface area contributed by atoms with Gasteiger partial charge in [-0.3, -0.25) is 0 Å². The average Bonchev–Trinajstić information content (AvgIpc) is 2.84. The number of aryl methyl sites for hydroxylation is 1. The van der Waals surface area contributed by atoms with Crippen LogP contribution in [0, 0.1) is 0 Å². The molecule has 0 aliphatic carbocycles. The topological polar surface area (TPSA) is 36.3 Å². The fraction of sp³-hybridized carbons (Fsp3) is 0.188. The summed E-state index contributed by atoms with van der Waals surface area (Å²) in [7, 11) is 5.29. The molecule has 4 heteroatoms. The summed E-state index contributed by atoms with van der Waals surface area (Å²) in [4.78, 5) is 4.70. The smallest absolute Gasteiger partial charge is 0.148 e. The van der Waals surface area contributed by atoms with Crippen LogP contribution in [0.3, 0.4) is 0 Å². The maximum atomic E-state index is 5.46. The zero-order valence-electron chi connectivity index (χ0n) is 11.8. The summed E-state index contributed by atoms with van der Waals surface area (Å²) in [6.45, 7) is 0. The number of benzene rings is 2. The molecule has 0 spiro atoms. The Morgan fingerprint density at radius 1 is 1.00 bits per heavy atom. The van der Waals surface area contributed by atoms with Crippen molar-refractivity contribution < 1.29 is 9.47 Å². The average molecular weight is 268 g/mol. The van der Waals surface area contributed by atoms with Gasteiger partial charge in [-0.15, -0.1) is 0 Å². The van der Waals surface area contributed by atoms with E-state index in [0.29, 0.717) is 0 Å². The molecule has 0 fully saturated rings. The number of fused-ring (bicyclic) bond motifs is 1. The molecule has 4 nitrogen and oxygen atoms in total. The number of rotatable bonds is 3. The minimum Gasteiger partial charge on any atom is -0.497 e. The van der Waals surface area contributed by atoms with Crippen molar-refractivity contribution >= 4 is 11.0 Å². The van der Waals surface area contributed by atoms with Crippen LogP contribution in [0.5, 0.6) is 11.5 Å². The van der Waals surface area contributed by atoms with E-state index in [9.17, 15) is 0 Å². The Morgan fingerprint density at radius 2 is 1.75 bits per heavy atom. The minimum absolute atomic E-state index is 0.743. The predicted octanol–water partition coefficient (Wildman–Crippen LogP) is 3.26. The Hall–Kier alpha value is -2.49. The molecule has 2 aromatic carbocycles. The molecule has 3 aromatic rings. The molecule has 0 unspecified atom stereocenters. The summed E-state index contributed by atoms with van der Waals surface area (Å²) in [5.74, 6) is 2.41.